The van der Waals surface area contributed by atoms with E-state index in [1.807, 2.05) is 60.7 Å². The average Bonchev–Trinajstić information content (AvgIpc) is 2.71. The van der Waals surface area contributed by atoms with E-state index in [4.69, 9.17) is 4.74 Å². The number of sulfonamides is 1. The van der Waals surface area contributed by atoms with E-state index in [2.05, 4.69) is 0 Å². The van der Waals surface area contributed by atoms with Crippen LogP contribution in [0.4, 0.5) is 11.4 Å². The highest BCUT2D eigenvalue weighted by atomic mass is 32.2. The van der Waals surface area contributed by atoms with Crippen LogP contribution in [0.3, 0.4) is 0 Å². The molecule has 150 valence electrons. The lowest BCUT2D eigenvalue weighted by Gasteiger charge is -2.21. The Kier molecular flexibility index (Phi) is 5.84. The standard InChI is InChI=1S/C21H20N2O5S/c1-22(29(2,26)27)21-19(23(24)25)13-18(17-11-7-4-8-12-17)14-20(21)28-15-16-9-5-3-6-10-16/h3-14H,15H2,1-2H3. The summed E-state index contributed by atoms with van der Waals surface area (Å²) in [5.41, 5.74) is 1.73. The zero-order valence-corrected chi connectivity index (χ0v) is 16.8. The fourth-order valence-electron chi connectivity index (χ4n) is 2.86. The second kappa shape index (κ2) is 8.32. The van der Waals surface area contributed by atoms with Gasteiger partial charge in [0.1, 0.15) is 6.61 Å². The third-order valence-electron chi connectivity index (χ3n) is 4.41. The lowest BCUT2D eigenvalue weighted by molar-refractivity contribution is -0.384. The zero-order valence-electron chi connectivity index (χ0n) is 16.0. The Morgan fingerprint density at radius 2 is 1.55 bits per heavy atom. The molecule has 3 aromatic carbocycles. The number of anilines is 1. The van der Waals surface area contributed by atoms with Crippen molar-refractivity contribution in [2.24, 2.45) is 0 Å². The van der Waals surface area contributed by atoms with E-state index in [-0.39, 0.29) is 23.7 Å². The molecule has 0 aliphatic rings. The van der Waals surface area contributed by atoms with Crippen LogP contribution in [0.1, 0.15) is 5.56 Å². The van der Waals surface area contributed by atoms with Crippen molar-refractivity contribution >= 4 is 21.4 Å². The summed E-state index contributed by atoms with van der Waals surface area (Å²) in [6.45, 7) is 0.140. The normalized spacial score (nSPS) is 11.1. The number of nitro groups is 1. The first-order chi connectivity index (χ1) is 13.8. The zero-order chi connectivity index (χ0) is 21.0. The van der Waals surface area contributed by atoms with Gasteiger partial charge < -0.3 is 4.74 Å². The molecule has 0 amide bonds. The molecule has 0 saturated heterocycles. The molecule has 0 N–H and O–H groups in total. The van der Waals surface area contributed by atoms with Crippen molar-refractivity contribution in [3.8, 4) is 16.9 Å². The largest absolute Gasteiger partial charge is 0.486 e. The maximum atomic E-state index is 12.1. The average molecular weight is 412 g/mol. The summed E-state index contributed by atoms with van der Waals surface area (Å²) in [5.74, 6) is 0.120. The van der Waals surface area contributed by atoms with Gasteiger partial charge in [-0.25, -0.2) is 8.42 Å². The van der Waals surface area contributed by atoms with Gasteiger partial charge in [-0.05, 0) is 22.8 Å². The smallest absolute Gasteiger partial charge is 0.297 e. The quantitative estimate of drug-likeness (QED) is 0.428. The van der Waals surface area contributed by atoms with Crippen LogP contribution in [0.2, 0.25) is 0 Å². The van der Waals surface area contributed by atoms with Gasteiger partial charge in [-0.2, -0.15) is 0 Å². The predicted octanol–water partition coefficient (Wildman–Crippen LogP) is 4.24. The molecule has 0 unspecified atom stereocenters. The Balaban J connectivity index is 2.17. The van der Waals surface area contributed by atoms with Gasteiger partial charge in [0.05, 0.1) is 11.2 Å². The van der Waals surface area contributed by atoms with Crippen molar-refractivity contribution < 1.29 is 18.1 Å². The Hall–Kier alpha value is -3.39. The second-order valence-electron chi connectivity index (χ2n) is 6.47. The van der Waals surface area contributed by atoms with Gasteiger partial charge in [0.25, 0.3) is 5.69 Å². The van der Waals surface area contributed by atoms with Crippen molar-refractivity contribution in [2.75, 3.05) is 17.6 Å². The fraction of sp³-hybridized carbons (Fsp3) is 0.143. The van der Waals surface area contributed by atoms with E-state index in [9.17, 15) is 18.5 Å². The Bertz CT molecular complexity index is 1120. The molecule has 0 spiro atoms. The third-order valence-corrected chi connectivity index (χ3v) is 5.59. The molecule has 8 heteroatoms. The second-order valence-corrected chi connectivity index (χ2v) is 8.48. The Morgan fingerprint density at radius 1 is 0.966 bits per heavy atom. The number of hydrogen-bond acceptors (Lipinski definition) is 5. The van der Waals surface area contributed by atoms with Crippen LogP contribution in [0.25, 0.3) is 11.1 Å². The lowest BCUT2D eigenvalue weighted by Crippen LogP contribution is -2.26. The molecular formula is C21H20N2O5S. The van der Waals surface area contributed by atoms with Crippen molar-refractivity contribution in [1.82, 2.24) is 0 Å². The summed E-state index contributed by atoms with van der Waals surface area (Å²) < 4.78 is 31.0. The summed E-state index contributed by atoms with van der Waals surface area (Å²) in [4.78, 5) is 11.2. The van der Waals surface area contributed by atoms with Gasteiger partial charge in [0.2, 0.25) is 10.0 Å². The van der Waals surface area contributed by atoms with Crippen LogP contribution in [0.15, 0.2) is 72.8 Å². The van der Waals surface area contributed by atoms with Crippen LogP contribution in [-0.4, -0.2) is 26.6 Å². The summed E-state index contributed by atoms with van der Waals surface area (Å²) in [5, 5.41) is 11.8. The van der Waals surface area contributed by atoms with Crippen LogP contribution >= 0.6 is 0 Å². The maximum absolute atomic E-state index is 12.1. The van der Waals surface area contributed by atoms with E-state index >= 15 is 0 Å². The minimum absolute atomic E-state index is 0.104. The summed E-state index contributed by atoms with van der Waals surface area (Å²) in [7, 11) is -2.47. The monoisotopic (exact) mass is 412 g/mol. The lowest BCUT2D eigenvalue weighted by atomic mass is 10.0. The first kappa shape index (κ1) is 20.3. The van der Waals surface area contributed by atoms with E-state index in [1.54, 1.807) is 6.07 Å². The fourth-order valence-corrected chi connectivity index (χ4v) is 3.37. The number of ether oxygens (including phenoxy) is 1. The van der Waals surface area contributed by atoms with Crippen LogP contribution < -0.4 is 9.04 Å². The molecule has 0 aliphatic heterocycles. The molecule has 29 heavy (non-hydrogen) atoms. The first-order valence-electron chi connectivity index (χ1n) is 8.76. The molecule has 0 atom stereocenters. The molecule has 3 rings (SSSR count). The molecule has 0 fully saturated rings. The topological polar surface area (TPSA) is 89.8 Å². The molecular weight excluding hydrogens is 392 g/mol. The Labute approximate surface area is 169 Å². The number of nitro benzene ring substituents is 1. The highest BCUT2D eigenvalue weighted by molar-refractivity contribution is 7.92. The molecule has 0 heterocycles. The third kappa shape index (κ3) is 4.72. The van der Waals surface area contributed by atoms with Gasteiger partial charge in [-0.1, -0.05) is 60.7 Å². The van der Waals surface area contributed by atoms with Crippen molar-refractivity contribution in [3.63, 3.8) is 0 Å². The number of hydrogen-bond donors (Lipinski definition) is 0. The minimum atomic E-state index is -3.75. The van der Waals surface area contributed by atoms with Crippen LogP contribution in [0.5, 0.6) is 5.75 Å². The van der Waals surface area contributed by atoms with Gasteiger partial charge in [0.15, 0.2) is 11.4 Å². The number of nitrogens with zero attached hydrogens (tertiary/aromatic N) is 2. The SMILES string of the molecule is CN(c1c(OCc2ccccc2)cc(-c2ccccc2)cc1[N+](=O)[O-])S(C)(=O)=O. The number of rotatable bonds is 7. The minimum Gasteiger partial charge on any atom is -0.486 e. The summed E-state index contributed by atoms with van der Waals surface area (Å²) >= 11 is 0. The highest BCUT2D eigenvalue weighted by Gasteiger charge is 2.29. The van der Waals surface area contributed by atoms with Gasteiger partial charge in [-0.3, -0.25) is 14.4 Å². The van der Waals surface area contributed by atoms with Crippen molar-refractivity contribution in [2.45, 2.75) is 6.61 Å². The van der Waals surface area contributed by atoms with Gasteiger partial charge >= 0.3 is 0 Å². The molecule has 0 aromatic heterocycles. The van der Waals surface area contributed by atoms with Gasteiger partial charge in [-0.15, -0.1) is 0 Å². The maximum Gasteiger partial charge on any atom is 0.297 e. The summed E-state index contributed by atoms with van der Waals surface area (Å²) in [6.07, 6.45) is 0.989. The molecule has 7 nitrogen and oxygen atoms in total. The molecule has 3 aromatic rings. The first-order valence-corrected chi connectivity index (χ1v) is 10.6. The molecule has 0 bridgehead atoms. The van der Waals surface area contributed by atoms with Crippen molar-refractivity contribution in [1.29, 1.82) is 0 Å². The van der Waals surface area contributed by atoms with E-state index in [0.29, 0.717) is 5.56 Å². The Morgan fingerprint density at radius 3 is 2.10 bits per heavy atom. The van der Waals surface area contributed by atoms with E-state index < -0.39 is 14.9 Å². The van der Waals surface area contributed by atoms with Crippen LogP contribution in [-0.2, 0) is 16.6 Å². The van der Waals surface area contributed by atoms with E-state index in [0.717, 1.165) is 21.7 Å². The van der Waals surface area contributed by atoms with Crippen molar-refractivity contribution in [3.05, 3.63) is 88.5 Å². The predicted molar refractivity (Wildman–Crippen MR) is 113 cm³/mol. The molecule has 0 aliphatic carbocycles. The van der Waals surface area contributed by atoms with E-state index in [1.165, 1.54) is 13.1 Å². The summed E-state index contributed by atoms with van der Waals surface area (Å²) in [6, 6.07) is 21.4. The number of benzene rings is 3. The highest BCUT2D eigenvalue weighted by Crippen LogP contribution is 2.42. The van der Waals surface area contributed by atoms with Crippen LogP contribution in [0, 0.1) is 10.1 Å². The van der Waals surface area contributed by atoms with Gasteiger partial charge in [0, 0.05) is 13.1 Å². The molecule has 0 saturated carbocycles. The molecule has 0 radical (unpaired) electrons.